The van der Waals surface area contributed by atoms with Gasteiger partial charge < -0.3 is 15.0 Å². The van der Waals surface area contributed by atoms with Crippen LogP contribution in [0.5, 0.6) is 5.75 Å². The van der Waals surface area contributed by atoms with Gasteiger partial charge in [0.05, 0.1) is 10.0 Å². The van der Waals surface area contributed by atoms with Crippen LogP contribution in [0.25, 0.3) is 0 Å². The van der Waals surface area contributed by atoms with Crippen molar-refractivity contribution in [3.05, 3.63) is 56.9 Å². The second-order valence-electron chi connectivity index (χ2n) is 4.09. The summed E-state index contributed by atoms with van der Waals surface area (Å²) >= 11 is 7.65. The summed E-state index contributed by atoms with van der Waals surface area (Å²) in [4.78, 5) is 25.5. The standard InChI is InChI=1S/C13H8BrClF2N2O3/c14-10-5-7(6-18-12(10)21)11(20)19-8-1-3-9(4-2-8)22-13(15,16)17/h1-6H,(H,18,21)(H,19,20). The molecule has 0 unspecified atom stereocenters. The molecule has 2 N–H and O–H groups in total. The fourth-order valence-corrected chi connectivity index (χ4v) is 1.98. The maximum atomic E-state index is 12.5. The number of amides is 1. The fourth-order valence-electron chi connectivity index (χ4n) is 1.53. The van der Waals surface area contributed by atoms with E-state index in [1.165, 1.54) is 36.5 Å². The van der Waals surface area contributed by atoms with Crippen LogP contribution in [0.4, 0.5) is 14.5 Å². The zero-order valence-electron chi connectivity index (χ0n) is 10.7. The van der Waals surface area contributed by atoms with Gasteiger partial charge in [-0.25, -0.2) is 0 Å². The topological polar surface area (TPSA) is 71.2 Å². The summed E-state index contributed by atoms with van der Waals surface area (Å²) in [5.41, 5.74) is -3.58. The summed E-state index contributed by atoms with van der Waals surface area (Å²) in [5.74, 6) is -0.627. The van der Waals surface area contributed by atoms with Crippen molar-refractivity contribution in [2.45, 2.75) is 5.57 Å². The molecule has 0 saturated heterocycles. The van der Waals surface area contributed by atoms with Gasteiger partial charge in [-0.1, -0.05) is 0 Å². The van der Waals surface area contributed by atoms with E-state index < -0.39 is 11.5 Å². The van der Waals surface area contributed by atoms with Gasteiger partial charge in [-0.2, -0.15) is 0 Å². The van der Waals surface area contributed by atoms with E-state index in [-0.39, 0.29) is 21.3 Å². The van der Waals surface area contributed by atoms with Crippen LogP contribution in [-0.4, -0.2) is 16.5 Å². The number of halogens is 4. The second-order valence-corrected chi connectivity index (χ2v) is 5.39. The van der Waals surface area contributed by atoms with E-state index >= 15 is 0 Å². The lowest BCUT2D eigenvalue weighted by atomic mass is 10.2. The Bertz CT molecular complexity index is 744. The van der Waals surface area contributed by atoms with E-state index in [1.54, 1.807) is 0 Å². The Kier molecular flexibility index (Phi) is 4.82. The summed E-state index contributed by atoms with van der Waals surface area (Å²) in [5, 5.41) is 2.54. The summed E-state index contributed by atoms with van der Waals surface area (Å²) in [6.07, 6.45) is 1.26. The van der Waals surface area contributed by atoms with E-state index in [0.29, 0.717) is 5.69 Å². The SMILES string of the molecule is O=C(Nc1ccc(OC(F)(F)Cl)cc1)c1c[nH]c(=O)c(Br)c1. The van der Waals surface area contributed by atoms with Crippen molar-refractivity contribution in [2.24, 2.45) is 0 Å². The van der Waals surface area contributed by atoms with Crippen LogP contribution in [0.1, 0.15) is 10.4 Å². The van der Waals surface area contributed by atoms with Crippen molar-refractivity contribution >= 4 is 39.1 Å². The number of rotatable bonds is 4. The number of benzene rings is 1. The third-order valence-electron chi connectivity index (χ3n) is 2.47. The van der Waals surface area contributed by atoms with Crippen LogP contribution in [0, 0.1) is 0 Å². The third kappa shape index (κ3) is 4.54. The lowest BCUT2D eigenvalue weighted by Gasteiger charge is -2.11. The van der Waals surface area contributed by atoms with Gasteiger partial charge in [0.2, 0.25) is 0 Å². The smallest absolute Gasteiger partial charge is 0.420 e. The first-order chi connectivity index (χ1) is 10.2. The van der Waals surface area contributed by atoms with Crippen LogP contribution in [-0.2, 0) is 0 Å². The van der Waals surface area contributed by atoms with Crippen molar-refractivity contribution in [1.29, 1.82) is 0 Å². The molecule has 0 aliphatic carbocycles. The van der Waals surface area contributed by atoms with Crippen LogP contribution >= 0.6 is 27.5 Å². The number of pyridine rings is 1. The summed E-state index contributed by atoms with van der Waals surface area (Å²) in [6, 6.07) is 6.57. The van der Waals surface area contributed by atoms with E-state index in [2.05, 4.69) is 42.6 Å². The maximum Gasteiger partial charge on any atom is 0.487 e. The number of H-pyrrole nitrogens is 1. The number of aromatic amines is 1. The van der Waals surface area contributed by atoms with Crippen molar-refractivity contribution in [1.82, 2.24) is 4.98 Å². The molecule has 1 heterocycles. The molecule has 116 valence electrons. The number of aromatic nitrogens is 1. The van der Waals surface area contributed by atoms with Crippen molar-refractivity contribution in [3.8, 4) is 5.75 Å². The number of hydrogen-bond donors (Lipinski definition) is 2. The van der Waals surface area contributed by atoms with Gasteiger partial charge in [-0.15, -0.1) is 8.78 Å². The largest absolute Gasteiger partial charge is 0.487 e. The van der Waals surface area contributed by atoms with E-state index in [4.69, 9.17) is 0 Å². The first-order valence-electron chi connectivity index (χ1n) is 5.80. The monoisotopic (exact) mass is 392 g/mol. The normalized spacial score (nSPS) is 11.1. The molecule has 0 atom stereocenters. The molecule has 2 rings (SSSR count). The third-order valence-corrected chi connectivity index (χ3v) is 3.13. The predicted molar refractivity (Wildman–Crippen MR) is 80.6 cm³/mol. The van der Waals surface area contributed by atoms with Gasteiger partial charge in [0.15, 0.2) is 0 Å². The molecule has 0 radical (unpaired) electrons. The Morgan fingerprint density at radius 2 is 1.95 bits per heavy atom. The predicted octanol–water partition coefficient (Wildman–Crippen LogP) is 3.56. The molecular weight excluding hydrogens is 386 g/mol. The Morgan fingerprint density at radius 1 is 1.32 bits per heavy atom. The molecule has 1 amide bonds. The van der Waals surface area contributed by atoms with Crippen molar-refractivity contribution in [2.75, 3.05) is 5.32 Å². The van der Waals surface area contributed by atoms with E-state index in [0.717, 1.165) is 0 Å². The van der Waals surface area contributed by atoms with Gasteiger partial charge in [0.1, 0.15) is 5.75 Å². The van der Waals surface area contributed by atoms with Gasteiger partial charge >= 0.3 is 5.57 Å². The highest BCUT2D eigenvalue weighted by Crippen LogP contribution is 2.26. The Balaban J connectivity index is 2.08. The number of anilines is 1. The number of carbonyl (C=O) groups is 1. The minimum Gasteiger partial charge on any atom is -0.420 e. The van der Waals surface area contributed by atoms with Gasteiger partial charge in [0, 0.05) is 23.5 Å². The van der Waals surface area contributed by atoms with Gasteiger partial charge in [0.25, 0.3) is 11.5 Å². The first-order valence-corrected chi connectivity index (χ1v) is 6.97. The summed E-state index contributed by atoms with van der Waals surface area (Å²) < 4.78 is 29.3. The summed E-state index contributed by atoms with van der Waals surface area (Å²) in [7, 11) is 0. The molecule has 9 heteroatoms. The molecule has 1 aromatic heterocycles. The van der Waals surface area contributed by atoms with E-state index in [1.807, 2.05) is 0 Å². The van der Waals surface area contributed by atoms with Crippen molar-refractivity contribution in [3.63, 3.8) is 0 Å². The van der Waals surface area contributed by atoms with E-state index in [9.17, 15) is 18.4 Å². The molecule has 5 nitrogen and oxygen atoms in total. The number of carbonyl (C=O) groups excluding carboxylic acids is 1. The molecule has 0 spiro atoms. The van der Waals surface area contributed by atoms with Crippen LogP contribution < -0.4 is 15.6 Å². The zero-order valence-corrected chi connectivity index (χ0v) is 13.0. The Hall–Kier alpha value is -1.93. The number of hydrogen-bond acceptors (Lipinski definition) is 3. The van der Waals surface area contributed by atoms with Gasteiger partial charge in [-0.05, 0) is 46.3 Å². The second kappa shape index (κ2) is 6.45. The molecule has 2 aromatic rings. The first kappa shape index (κ1) is 16.4. The lowest BCUT2D eigenvalue weighted by molar-refractivity contribution is -0.0964. The molecular formula is C13H8BrClF2N2O3. The van der Waals surface area contributed by atoms with Crippen LogP contribution in [0.3, 0.4) is 0 Å². The molecule has 0 aliphatic heterocycles. The van der Waals surface area contributed by atoms with Crippen molar-refractivity contribution < 1.29 is 18.3 Å². The molecule has 0 saturated carbocycles. The number of nitrogens with one attached hydrogen (secondary N) is 2. The average Bonchev–Trinajstić information content (AvgIpc) is 2.42. The summed E-state index contributed by atoms with van der Waals surface area (Å²) in [6.45, 7) is 0. The zero-order chi connectivity index (χ0) is 16.3. The molecule has 0 fully saturated rings. The quantitative estimate of drug-likeness (QED) is 0.780. The Labute approximate surface area is 136 Å². The van der Waals surface area contributed by atoms with Crippen LogP contribution in [0.2, 0.25) is 0 Å². The number of alkyl halides is 3. The maximum absolute atomic E-state index is 12.5. The minimum atomic E-state index is -3.80. The van der Waals surface area contributed by atoms with Crippen LogP contribution in [0.15, 0.2) is 45.8 Å². The fraction of sp³-hybridized carbons (Fsp3) is 0.0769. The highest BCUT2D eigenvalue weighted by molar-refractivity contribution is 9.10. The highest BCUT2D eigenvalue weighted by atomic mass is 79.9. The molecule has 0 aliphatic rings. The Morgan fingerprint density at radius 3 is 2.50 bits per heavy atom. The average molecular weight is 394 g/mol. The number of ether oxygens (including phenoxy) is 1. The molecule has 22 heavy (non-hydrogen) atoms. The lowest BCUT2D eigenvalue weighted by Crippen LogP contribution is -2.16. The highest BCUT2D eigenvalue weighted by Gasteiger charge is 2.27. The molecule has 1 aromatic carbocycles. The molecule has 0 bridgehead atoms. The minimum absolute atomic E-state index is 0.148. The van der Waals surface area contributed by atoms with Gasteiger partial charge in [-0.3, -0.25) is 9.59 Å².